The summed E-state index contributed by atoms with van der Waals surface area (Å²) in [6.07, 6.45) is 0. The van der Waals surface area contributed by atoms with E-state index in [0.717, 1.165) is 0 Å². The Bertz CT molecular complexity index is 128. The summed E-state index contributed by atoms with van der Waals surface area (Å²) in [6.45, 7) is 0. The maximum atomic E-state index is 10.6. The van der Waals surface area contributed by atoms with Crippen LogP contribution in [0.4, 0.5) is 0 Å². The first-order valence-electron chi connectivity index (χ1n) is 2.36. The molecule has 0 saturated carbocycles. The number of amides is 1. The van der Waals surface area contributed by atoms with Gasteiger partial charge in [0.1, 0.15) is 5.75 Å². The molecule has 0 aliphatic heterocycles. The van der Waals surface area contributed by atoms with Crippen LogP contribution in [-0.4, -0.2) is 27.5 Å². The maximum Gasteiger partial charge on any atom is 0.230 e. The van der Waals surface area contributed by atoms with Gasteiger partial charge in [-0.3, -0.25) is 9.00 Å². The van der Waals surface area contributed by atoms with Gasteiger partial charge in [0.05, 0.1) is 0 Å². The van der Waals surface area contributed by atoms with E-state index in [0.29, 0.717) is 11.6 Å². The highest BCUT2D eigenvalue weighted by Gasteiger charge is 2.01. The van der Waals surface area contributed by atoms with E-state index in [9.17, 15) is 9.00 Å². The Hall–Kier alpha value is -0.0900. The van der Waals surface area contributed by atoms with Gasteiger partial charge < -0.3 is 5.73 Å². The third kappa shape index (κ3) is 5.79. The van der Waals surface area contributed by atoms with E-state index in [2.05, 4.69) is 0 Å². The van der Waals surface area contributed by atoms with Gasteiger partial charge in [-0.25, -0.2) is 0 Å². The van der Waals surface area contributed by atoms with Crippen molar-refractivity contribution in [1.82, 2.24) is 0 Å². The van der Waals surface area contributed by atoms with Crippen molar-refractivity contribution in [3.8, 4) is 0 Å². The van der Waals surface area contributed by atoms with Crippen molar-refractivity contribution < 1.29 is 9.00 Å². The molecule has 0 aromatic heterocycles. The number of halogens is 1. The molecule has 0 saturated heterocycles. The number of alkyl halides is 1. The summed E-state index contributed by atoms with van der Waals surface area (Å²) in [5, 5.41) is 0. The zero-order valence-corrected chi connectivity index (χ0v) is 6.37. The second-order valence-electron chi connectivity index (χ2n) is 1.44. The summed E-state index contributed by atoms with van der Waals surface area (Å²) < 4.78 is 10.6. The third-order valence-corrected chi connectivity index (χ3v) is 2.29. The molecule has 1 amide bonds. The predicted octanol–water partition coefficient (Wildman–Crippen LogP) is -0.541. The zero-order valence-electron chi connectivity index (χ0n) is 4.80. The Balaban J connectivity index is 3.39. The van der Waals surface area contributed by atoms with Gasteiger partial charge in [-0.15, -0.1) is 11.6 Å². The fourth-order valence-electron chi connectivity index (χ4n) is 0.317. The van der Waals surface area contributed by atoms with E-state index < -0.39 is 16.7 Å². The van der Waals surface area contributed by atoms with Crippen molar-refractivity contribution in [3.05, 3.63) is 0 Å². The molecule has 0 spiro atoms. The lowest BCUT2D eigenvalue weighted by Crippen LogP contribution is -2.21. The third-order valence-electron chi connectivity index (χ3n) is 0.608. The average molecular weight is 170 g/mol. The number of hydrogen-bond acceptors (Lipinski definition) is 2. The fraction of sp³-hybridized carbons (Fsp3) is 0.750. The molecule has 0 heterocycles. The lowest BCUT2D eigenvalue weighted by molar-refractivity contribution is -0.115. The van der Waals surface area contributed by atoms with Crippen molar-refractivity contribution in [2.24, 2.45) is 5.73 Å². The van der Waals surface area contributed by atoms with Gasteiger partial charge in [-0.2, -0.15) is 0 Å². The molecule has 0 aromatic carbocycles. The number of primary amides is 1. The Kier molecular flexibility index (Phi) is 4.71. The van der Waals surface area contributed by atoms with E-state index >= 15 is 0 Å². The zero-order chi connectivity index (χ0) is 7.28. The normalized spacial score (nSPS) is 13.0. The van der Waals surface area contributed by atoms with Crippen LogP contribution in [-0.2, 0) is 15.6 Å². The highest BCUT2D eigenvalue weighted by molar-refractivity contribution is 7.85. The van der Waals surface area contributed by atoms with Gasteiger partial charge >= 0.3 is 0 Å². The van der Waals surface area contributed by atoms with Gasteiger partial charge in [0.2, 0.25) is 5.91 Å². The minimum atomic E-state index is -1.16. The second kappa shape index (κ2) is 4.76. The molecule has 54 valence electrons. The molecule has 0 radical (unpaired) electrons. The highest BCUT2D eigenvalue weighted by atomic mass is 35.5. The van der Waals surface area contributed by atoms with Gasteiger partial charge in [0.15, 0.2) is 0 Å². The van der Waals surface area contributed by atoms with Crippen LogP contribution in [0.1, 0.15) is 0 Å². The standard InChI is InChI=1S/C4H8ClNO2S/c5-1-2-9(8)3-4(6)7/h1-3H2,(H2,6,7). The van der Waals surface area contributed by atoms with Crippen molar-refractivity contribution in [3.63, 3.8) is 0 Å². The van der Waals surface area contributed by atoms with E-state index in [4.69, 9.17) is 17.3 Å². The molecule has 2 N–H and O–H groups in total. The van der Waals surface area contributed by atoms with Crippen LogP contribution in [0.25, 0.3) is 0 Å². The molecule has 1 unspecified atom stereocenters. The molecule has 0 aliphatic carbocycles. The monoisotopic (exact) mass is 169 g/mol. The lowest BCUT2D eigenvalue weighted by atomic mass is 10.8. The molecule has 9 heavy (non-hydrogen) atoms. The second-order valence-corrected chi connectivity index (χ2v) is 3.40. The van der Waals surface area contributed by atoms with Crippen LogP contribution in [0.15, 0.2) is 0 Å². The summed E-state index contributed by atoms with van der Waals surface area (Å²) in [4.78, 5) is 10.1. The molecule has 3 nitrogen and oxygen atoms in total. The van der Waals surface area contributed by atoms with Gasteiger partial charge in [0, 0.05) is 22.4 Å². The van der Waals surface area contributed by atoms with E-state index in [-0.39, 0.29) is 5.75 Å². The highest BCUT2D eigenvalue weighted by Crippen LogP contribution is 1.83. The Labute approximate surface area is 61.0 Å². The van der Waals surface area contributed by atoms with Gasteiger partial charge in [0.25, 0.3) is 0 Å². The summed E-state index contributed by atoms with van der Waals surface area (Å²) in [5.74, 6) is 0.0235. The summed E-state index contributed by atoms with van der Waals surface area (Å²) in [7, 11) is -1.16. The largest absolute Gasteiger partial charge is 0.369 e. The molecule has 1 atom stereocenters. The van der Waals surface area contributed by atoms with Crippen LogP contribution < -0.4 is 5.73 Å². The Morgan fingerprint density at radius 3 is 2.56 bits per heavy atom. The Morgan fingerprint density at radius 1 is 1.67 bits per heavy atom. The van der Waals surface area contributed by atoms with E-state index in [1.54, 1.807) is 0 Å². The van der Waals surface area contributed by atoms with Crippen molar-refractivity contribution in [2.45, 2.75) is 0 Å². The van der Waals surface area contributed by atoms with Crippen LogP contribution in [0.2, 0.25) is 0 Å². The van der Waals surface area contributed by atoms with Crippen LogP contribution >= 0.6 is 11.6 Å². The average Bonchev–Trinajstić information content (AvgIpc) is 1.63. The van der Waals surface area contributed by atoms with Crippen LogP contribution in [0, 0.1) is 0 Å². The SMILES string of the molecule is NC(=O)CS(=O)CCCl. The van der Waals surface area contributed by atoms with Crippen molar-refractivity contribution >= 4 is 28.3 Å². The van der Waals surface area contributed by atoms with E-state index in [1.165, 1.54) is 0 Å². The predicted molar refractivity (Wildman–Crippen MR) is 37.8 cm³/mol. The smallest absolute Gasteiger partial charge is 0.230 e. The van der Waals surface area contributed by atoms with E-state index in [1.807, 2.05) is 0 Å². The first kappa shape index (κ1) is 8.91. The van der Waals surface area contributed by atoms with Crippen LogP contribution in [0.5, 0.6) is 0 Å². The number of nitrogens with two attached hydrogens (primary N) is 1. The Morgan fingerprint density at radius 2 is 2.22 bits per heavy atom. The molecule has 0 aromatic rings. The number of rotatable bonds is 4. The fourth-order valence-corrected chi connectivity index (χ4v) is 1.47. The first-order valence-corrected chi connectivity index (χ1v) is 4.38. The summed E-state index contributed by atoms with van der Waals surface area (Å²) in [5.41, 5.74) is 4.75. The molecule has 0 fully saturated rings. The molecular weight excluding hydrogens is 162 g/mol. The first-order chi connectivity index (χ1) is 4.16. The molecule has 0 bridgehead atoms. The molecule has 5 heteroatoms. The number of carbonyl (C=O) groups excluding carboxylic acids is 1. The lowest BCUT2D eigenvalue weighted by Gasteiger charge is -1.92. The van der Waals surface area contributed by atoms with Crippen LogP contribution in [0.3, 0.4) is 0 Å². The summed E-state index contributed by atoms with van der Waals surface area (Å²) in [6, 6.07) is 0. The quantitative estimate of drug-likeness (QED) is 0.575. The van der Waals surface area contributed by atoms with Gasteiger partial charge in [-0.05, 0) is 0 Å². The molecule has 0 rings (SSSR count). The maximum absolute atomic E-state index is 10.6. The summed E-state index contributed by atoms with van der Waals surface area (Å²) >= 11 is 5.23. The minimum Gasteiger partial charge on any atom is -0.369 e. The minimum absolute atomic E-state index is 0.0767. The number of hydrogen-bond donors (Lipinski definition) is 1. The molecule has 0 aliphatic rings. The molecular formula is C4H8ClNO2S. The van der Waals surface area contributed by atoms with Crippen molar-refractivity contribution in [1.29, 1.82) is 0 Å². The number of carbonyl (C=O) groups is 1. The van der Waals surface area contributed by atoms with Gasteiger partial charge in [-0.1, -0.05) is 0 Å². The topological polar surface area (TPSA) is 60.2 Å². The van der Waals surface area contributed by atoms with Crippen molar-refractivity contribution in [2.75, 3.05) is 17.4 Å².